The van der Waals surface area contributed by atoms with Crippen LogP contribution in [0.1, 0.15) is 74.9 Å². The molecule has 4 heteroatoms. The van der Waals surface area contributed by atoms with Crippen LogP contribution < -0.4 is 0 Å². The van der Waals surface area contributed by atoms with Crippen molar-refractivity contribution >= 4 is 96.9 Å². The van der Waals surface area contributed by atoms with Crippen molar-refractivity contribution in [1.82, 2.24) is 13.7 Å². The van der Waals surface area contributed by atoms with Gasteiger partial charge in [-0.15, -0.1) is 11.3 Å². The van der Waals surface area contributed by atoms with Crippen molar-refractivity contribution in [3.8, 4) is 83.8 Å². The fraction of sp³-hybridized carbons (Fsp3) is 0.0909. The van der Waals surface area contributed by atoms with Crippen LogP contribution in [0.3, 0.4) is 0 Å². The van der Waals surface area contributed by atoms with Crippen molar-refractivity contribution in [3.63, 3.8) is 0 Å². The lowest BCUT2D eigenvalue weighted by Gasteiger charge is -2.25. The average Bonchev–Trinajstić information content (AvgIpc) is 1.53. The molecule has 0 N–H and O–H groups in total. The molecule has 3 aliphatic rings. The Morgan fingerprint density at radius 3 is 1.34 bits per heavy atom. The van der Waals surface area contributed by atoms with Crippen molar-refractivity contribution in [2.75, 3.05) is 0 Å². The van der Waals surface area contributed by atoms with Crippen LogP contribution in [0.5, 0.6) is 0 Å². The number of rotatable bonds is 6. The van der Waals surface area contributed by atoms with Crippen molar-refractivity contribution in [2.45, 2.75) is 57.8 Å². The monoisotopic (exact) mass is 1330 g/mol. The molecule has 0 atom stereocenters. The second-order valence-corrected chi connectivity index (χ2v) is 31.3. The van der Waals surface area contributed by atoms with Gasteiger partial charge in [-0.2, -0.15) is 0 Å². The zero-order valence-electron chi connectivity index (χ0n) is 58.3. The zero-order chi connectivity index (χ0) is 68.8. The van der Waals surface area contributed by atoms with E-state index in [1.54, 1.807) is 0 Å². The number of fused-ring (bicyclic) bond motifs is 23. The molecule has 3 nitrogen and oxygen atoms in total. The molecular formula is C99H71N3S. The molecule has 4 aromatic heterocycles. The quantitative estimate of drug-likeness (QED) is 0.158. The van der Waals surface area contributed by atoms with Crippen LogP contribution in [0.15, 0.2) is 322 Å². The molecule has 15 aromatic carbocycles. The summed E-state index contributed by atoms with van der Waals surface area (Å²) in [6, 6.07) is 120. The second-order valence-electron chi connectivity index (χ2n) is 30.3. The van der Waals surface area contributed by atoms with E-state index in [-0.39, 0.29) is 16.2 Å². The summed E-state index contributed by atoms with van der Waals surface area (Å²) in [5.41, 5.74) is 34.8. The molecule has 0 unspecified atom stereocenters. The van der Waals surface area contributed by atoms with Crippen molar-refractivity contribution in [1.29, 1.82) is 0 Å². The Bertz CT molecular complexity index is 6820. The van der Waals surface area contributed by atoms with Crippen LogP contribution in [-0.4, -0.2) is 13.7 Å². The third-order valence-corrected chi connectivity index (χ3v) is 24.9. The summed E-state index contributed by atoms with van der Waals surface area (Å²) in [5, 5.41) is 10.4. The van der Waals surface area contributed by atoms with Gasteiger partial charge in [-0.3, -0.25) is 0 Å². The van der Waals surface area contributed by atoms with Gasteiger partial charge < -0.3 is 13.7 Å². The maximum atomic E-state index is 2.56. The molecule has 22 rings (SSSR count). The third-order valence-electron chi connectivity index (χ3n) is 23.7. The molecule has 0 aliphatic heterocycles. The van der Waals surface area contributed by atoms with Gasteiger partial charge in [0.15, 0.2) is 0 Å². The third kappa shape index (κ3) is 8.56. The molecule has 3 aliphatic carbocycles. The van der Waals surface area contributed by atoms with Gasteiger partial charge in [0.1, 0.15) is 0 Å². The van der Waals surface area contributed by atoms with Crippen LogP contribution in [-0.2, 0) is 16.2 Å². The Morgan fingerprint density at radius 1 is 0.223 bits per heavy atom. The van der Waals surface area contributed by atoms with Crippen molar-refractivity contribution in [3.05, 3.63) is 355 Å². The Kier molecular flexibility index (Phi) is 12.7. The molecule has 4 heterocycles. The highest BCUT2D eigenvalue weighted by atomic mass is 32.1. The summed E-state index contributed by atoms with van der Waals surface area (Å²) in [6.45, 7) is 14.4. The van der Waals surface area contributed by atoms with E-state index in [1.807, 2.05) is 11.3 Å². The number of aromatic nitrogens is 3. The molecular weight excluding hydrogens is 1260 g/mol. The van der Waals surface area contributed by atoms with Gasteiger partial charge in [-0.1, -0.05) is 278 Å². The fourth-order valence-electron chi connectivity index (χ4n) is 18.9. The molecule has 0 spiro atoms. The van der Waals surface area contributed by atoms with Crippen LogP contribution in [0.25, 0.3) is 169 Å². The lowest BCUT2D eigenvalue weighted by atomic mass is 9.81. The summed E-state index contributed by atoms with van der Waals surface area (Å²) in [6.07, 6.45) is 0. The Labute approximate surface area is 603 Å². The topological polar surface area (TPSA) is 14.8 Å². The number of nitrogens with zero attached hydrogens (tertiary/aromatic N) is 3. The minimum atomic E-state index is -0.150. The fourth-order valence-corrected chi connectivity index (χ4v) is 20.1. The van der Waals surface area contributed by atoms with Gasteiger partial charge in [0.2, 0.25) is 0 Å². The first-order chi connectivity index (χ1) is 50.4. The minimum Gasteiger partial charge on any atom is -0.309 e. The Balaban J connectivity index is 0.000000136. The summed E-state index contributed by atoms with van der Waals surface area (Å²) >= 11 is 1.89. The number of hydrogen-bond acceptors (Lipinski definition) is 1. The molecule has 0 saturated heterocycles. The van der Waals surface area contributed by atoms with E-state index in [9.17, 15) is 0 Å². The lowest BCUT2D eigenvalue weighted by Crippen LogP contribution is -2.17. The largest absolute Gasteiger partial charge is 0.309 e. The molecule has 0 amide bonds. The summed E-state index contributed by atoms with van der Waals surface area (Å²) in [4.78, 5) is 0. The first kappa shape index (κ1) is 59.8. The maximum Gasteiger partial charge on any atom is 0.0588 e. The van der Waals surface area contributed by atoms with E-state index in [0.717, 1.165) is 0 Å². The first-order valence-corrected chi connectivity index (χ1v) is 37.0. The number of para-hydroxylation sites is 4. The van der Waals surface area contributed by atoms with E-state index >= 15 is 0 Å². The molecule has 0 saturated carbocycles. The molecule has 19 aromatic rings. The van der Waals surface area contributed by atoms with Crippen LogP contribution in [0, 0.1) is 0 Å². The highest BCUT2D eigenvalue weighted by Crippen LogP contribution is 2.57. The molecule has 0 bridgehead atoms. The van der Waals surface area contributed by atoms with E-state index in [1.165, 1.54) is 203 Å². The summed E-state index contributed by atoms with van der Waals surface area (Å²) in [7, 11) is 0. The summed E-state index contributed by atoms with van der Waals surface area (Å²) in [5.74, 6) is 0. The zero-order valence-corrected chi connectivity index (χ0v) is 59.2. The lowest BCUT2D eigenvalue weighted by molar-refractivity contribution is 0.659. The van der Waals surface area contributed by atoms with Crippen molar-refractivity contribution in [2.24, 2.45) is 0 Å². The Hall–Kier alpha value is -12.1. The molecule has 488 valence electrons. The number of benzene rings is 15. The minimum absolute atomic E-state index is 0.102. The first-order valence-electron chi connectivity index (χ1n) is 36.2. The standard InChI is InChI=1S/C54H40N2.C45H31NS/c1-53(2)46-28-22-33(34-23-29-50-44(31-34)40-18-10-12-20-48(40)55(50)35-14-6-5-7-15-35)30-43(46)38-25-24-36(32-47(38)53)56-49-21-13-9-17-39(49)42-27-26-41-37-16-8-11-19-45(37)54(3,4)51(41)52(42)56;1-45(2)39-18-6-3-13-33(39)36-25-26-37-34-14-4-7-19-40(34)46(43(37)42(36)45)31-23-21-28(22-24-31)29-11-9-12-30(27-29)32-16-10-17-38-35-15-5-8-20-41(35)47-44(32)38/h5-32H,1-4H3;3-27H,1-2H3. The number of thiophene rings is 1. The van der Waals surface area contributed by atoms with E-state index in [4.69, 9.17) is 0 Å². The van der Waals surface area contributed by atoms with E-state index in [0.29, 0.717) is 0 Å². The molecule has 0 radical (unpaired) electrons. The van der Waals surface area contributed by atoms with Gasteiger partial charge in [0.25, 0.3) is 0 Å². The van der Waals surface area contributed by atoms with Gasteiger partial charge >= 0.3 is 0 Å². The predicted octanol–water partition coefficient (Wildman–Crippen LogP) is 27.0. The smallest absolute Gasteiger partial charge is 0.0588 e. The number of hydrogen-bond donors (Lipinski definition) is 0. The highest BCUT2D eigenvalue weighted by molar-refractivity contribution is 7.26. The van der Waals surface area contributed by atoms with Crippen LogP contribution in [0.4, 0.5) is 0 Å². The summed E-state index contributed by atoms with van der Waals surface area (Å²) < 4.78 is 10.1. The van der Waals surface area contributed by atoms with E-state index < -0.39 is 0 Å². The maximum absolute atomic E-state index is 2.56. The average molecular weight is 1330 g/mol. The van der Waals surface area contributed by atoms with Crippen LogP contribution in [0.2, 0.25) is 0 Å². The Morgan fingerprint density at radius 2 is 0.670 bits per heavy atom. The molecule has 0 fully saturated rings. The molecule has 103 heavy (non-hydrogen) atoms. The van der Waals surface area contributed by atoms with E-state index in [2.05, 4.69) is 377 Å². The second kappa shape index (κ2) is 22.0. The van der Waals surface area contributed by atoms with Gasteiger partial charge in [-0.05, 0) is 185 Å². The van der Waals surface area contributed by atoms with Gasteiger partial charge in [-0.25, -0.2) is 0 Å². The normalized spacial score (nSPS) is 14.2. The van der Waals surface area contributed by atoms with Crippen molar-refractivity contribution < 1.29 is 0 Å². The predicted molar refractivity (Wildman–Crippen MR) is 438 cm³/mol. The van der Waals surface area contributed by atoms with Gasteiger partial charge in [0.05, 0.1) is 33.1 Å². The van der Waals surface area contributed by atoms with Gasteiger partial charge in [0, 0.05) is 85.8 Å². The highest BCUT2D eigenvalue weighted by Gasteiger charge is 2.41. The SMILES string of the molecule is CC1(C)c2ccc(-c3ccc4c(c3)c3ccccc3n4-c3ccccc3)cc2-c2ccc(-n3c4ccccc4c4ccc5c(c43)C(C)(C)c3ccccc3-5)cc21.CC1(C)c2ccccc2-c2ccc3c4ccccc4n(-c4ccc(-c5cccc(-c6cccc7c6sc6ccccc67)c5)cc4)c3c21. The van der Waals surface area contributed by atoms with Crippen LogP contribution >= 0.6 is 11.3 Å².